The number of phenolic OH excluding ortho intramolecular Hbond substituents is 1. The number of hydrogen-bond donors (Lipinski definition) is 2. The lowest BCUT2D eigenvalue weighted by atomic mass is 10.2. The quantitative estimate of drug-likeness (QED) is 0.328. The molecule has 2 aromatic rings. The SMILES string of the molecule is COC(=O)c1ccc(Cl)cc1S(=O)(=O)Nc1cc(Cl)cc([N+](=O)[O-])c1O. The van der Waals surface area contributed by atoms with Gasteiger partial charge in [-0.25, -0.2) is 13.2 Å². The van der Waals surface area contributed by atoms with E-state index in [1.54, 1.807) is 0 Å². The molecule has 0 spiro atoms. The summed E-state index contributed by atoms with van der Waals surface area (Å²) in [7, 11) is -3.42. The Morgan fingerprint density at radius 3 is 2.46 bits per heavy atom. The standard InChI is InChI=1S/C14H10Cl2N2O7S/c1-25-14(20)9-3-2-7(15)6-12(9)26(23,24)17-10-4-8(16)5-11(13(10)19)18(21)22/h2-6,17,19H,1H3. The average Bonchev–Trinajstić information content (AvgIpc) is 2.56. The van der Waals surface area contributed by atoms with E-state index in [2.05, 4.69) is 4.74 Å². The number of ether oxygens (including phenoxy) is 1. The number of sulfonamides is 1. The molecule has 0 saturated carbocycles. The Hall–Kier alpha value is -2.56. The summed E-state index contributed by atoms with van der Waals surface area (Å²) >= 11 is 11.5. The minimum atomic E-state index is -4.48. The molecule has 2 aromatic carbocycles. The summed E-state index contributed by atoms with van der Waals surface area (Å²) in [6.45, 7) is 0. The maximum Gasteiger partial charge on any atom is 0.339 e. The molecule has 0 bridgehead atoms. The van der Waals surface area contributed by atoms with Crippen molar-refractivity contribution in [2.45, 2.75) is 4.90 Å². The molecule has 0 radical (unpaired) electrons. The number of esters is 1. The number of halogens is 2. The van der Waals surface area contributed by atoms with E-state index in [1.165, 1.54) is 6.07 Å². The van der Waals surface area contributed by atoms with Crippen LogP contribution in [0.1, 0.15) is 10.4 Å². The molecule has 0 aromatic heterocycles. The molecule has 26 heavy (non-hydrogen) atoms. The van der Waals surface area contributed by atoms with Crippen molar-refractivity contribution < 1.29 is 28.0 Å². The predicted molar refractivity (Wildman–Crippen MR) is 93.4 cm³/mol. The molecule has 0 aliphatic heterocycles. The number of phenols is 1. The fourth-order valence-corrected chi connectivity index (χ4v) is 3.73. The molecule has 0 heterocycles. The fraction of sp³-hybridized carbons (Fsp3) is 0.0714. The highest BCUT2D eigenvalue weighted by Gasteiger charge is 2.27. The third-order valence-electron chi connectivity index (χ3n) is 3.13. The van der Waals surface area contributed by atoms with Crippen LogP contribution in [-0.4, -0.2) is 31.5 Å². The van der Waals surface area contributed by atoms with E-state index in [4.69, 9.17) is 23.2 Å². The van der Waals surface area contributed by atoms with Crippen molar-refractivity contribution in [3.63, 3.8) is 0 Å². The van der Waals surface area contributed by atoms with Gasteiger partial charge in [0.15, 0.2) is 0 Å². The first kappa shape index (κ1) is 19.8. The van der Waals surface area contributed by atoms with E-state index in [0.29, 0.717) is 0 Å². The largest absolute Gasteiger partial charge is 0.501 e. The third-order valence-corrected chi connectivity index (χ3v) is 4.99. The molecule has 0 saturated heterocycles. The van der Waals surface area contributed by atoms with Gasteiger partial charge in [0.25, 0.3) is 10.0 Å². The lowest BCUT2D eigenvalue weighted by molar-refractivity contribution is -0.385. The molecule has 2 N–H and O–H groups in total. The number of carbonyl (C=O) groups excluding carboxylic acids is 1. The smallest absolute Gasteiger partial charge is 0.339 e. The first-order valence-corrected chi connectivity index (χ1v) is 8.88. The molecule has 0 aliphatic rings. The van der Waals surface area contributed by atoms with E-state index < -0.39 is 42.9 Å². The molecule has 2 rings (SSSR count). The van der Waals surface area contributed by atoms with E-state index in [0.717, 1.165) is 31.4 Å². The van der Waals surface area contributed by atoms with Crippen molar-refractivity contribution in [2.75, 3.05) is 11.8 Å². The number of benzene rings is 2. The van der Waals surface area contributed by atoms with Crippen molar-refractivity contribution in [1.82, 2.24) is 0 Å². The summed E-state index contributed by atoms with van der Waals surface area (Å²) < 4.78 is 31.8. The van der Waals surface area contributed by atoms with Crippen LogP contribution in [0.5, 0.6) is 5.75 Å². The molecular weight excluding hydrogens is 411 g/mol. The van der Waals surface area contributed by atoms with Gasteiger partial charge in [-0.05, 0) is 24.3 Å². The summed E-state index contributed by atoms with van der Waals surface area (Å²) in [6, 6.07) is 5.25. The highest BCUT2D eigenvalue weighted by atomic mass is 35.5. The summed E-state index contributed by atoms with van der Waals surface area (Å²) in [6.07, 6.45) is 0. The molecule has 0 atom stereocenters. The highest BCUT2D eigenvalue weighted by Crippen LogP contribution is 2.38. The molecule has 0 unspecified atom stereocenters. The summed E-state index contributed by atoms with van der Waals surface area (Å²) in [5.41, 5.74) is -1.66. The summed E-state index contributed by atoms with van der Waals surface area (Å²) in [5.74, 6) is -1.88. The normalized spacial score (nSPS) is 11.0. The molecule has 9 nitrogen and oxygen atoms in total. The molecule has 0 amide bonds. The number of carbonyl (C=O) groups is 1. The number of nitro benzene ring substituents is 1. The van der Waals surface area contributed by atoms with Gasteiger partial charge in [0, 0.05) is 16.1 Å². The van der Waals surface area contributed by atoms with Crippen LogP contribution in [0.25, 0.3) is 0 Å². The van der Waals surface area contributed by atoms with Crippen molar-refractivity contribution >= 4 is 50.6 Å². The van der Waals surface area contributed by atoms with Crippen molar-refractivity contribution in [2.24, 2.45) is 0 Å². The lowest BCUT2D eigenvalue weighted by Gasteiger charge is -2.13. The Morgan fingerprint density at radius 2 is 1.88 bits per heavy atom. The van der Waals surface area contributed by atoms with E-state index in [-0.39, 0.29) is 15.6 Å². The minimum Gasteiger partial charge on any atom is -0.501 e. The Balaban J connectivity index is 2.60. The van der Waals surface area contributed by atoms with Crippen LogP contribution in [0.15, 0.2) is 35.2 Å². The number of rotatable bonds is 5. The summed E-state index contributed by atoms with van der Waals surface area (Å²) in [5, 5.41) is 20.7. The number of nitrogens with zero attached hydrogens (tertiary/aromatic N) is 1. The van der Waals surface area contributed by atoms with Crippen LogP contribution in [0.3, 0.4) is 0 Å². The van der Waals surface area contributed by atoms with Crippen LogP contribution < -0.4 is 4.72 Å². The van der Waals surface area contributed by atoms with Gasteiger partial charge in [0.2, 0.25) is 5.75 Å². The first-order valence-electron chi connectivity index (χ1n) is 6.64. The van der Waals surface area contributed by atoms with Crippen LogP contribution in [0.4, 0.5) is 11.4 Å². The van der Waals surface area contributed by atoms with Gasteiger partial charge in [-0.3, -0.25) is 14.8 Å². The fourth-order valence-electron chi connectivity index (χ4n) is 2.00. The Morgan fingerprint density at radius 1 is 1.23 bits per heavy atom. The van der Waals surface area contributed by atoms with Crippen LogP contribution in [-0.2, 0) is 14.8 Å². The van der Waals surface area contributed by atoms with Gasteiger partial charge in [-0.2, -0.15) is 0 Å². The Bertz CT molecular complexity index is 1010. The van der Waals surface area contributed by atoms with Gasteiger partial charge >= 0.3 is 11.7 Å². The van der Waals surface area contributed by atoms with Crippen LogP contribution >= 0.6 is 23.2 Å². The van der Waals surface area contributed by atoms with Gasteiger partial charge in [0.05, 0.1) is 23.3 Å². The first-order chi connectivity index (χ1) is 12.1. The monoisotopic (exact) mass is 420 g/mol. The number of nitro groups is 1. The zero-order valence-corrected chi connectivity index (χ0v) is 15.2. The molecule has 12 heteroatoms. The number of methoxy groups -OCH3 is 1. The third kappa shape index (κ3) is 3.98. The van der Waals surface area contributed by atoms with Gasteiger partial charge in [0.1, 0.15) is 4.90 Å². The zero-order chi connectivity index (χ0) is 19.6. The number of aromatic hydroxyl groups is 1. The van der Waals surface area contributed by atoms with Gasteiger partial charge in [-0.1, -0.05) is 23.2 Å². The predicted octanol–water partition coefficient (Wildman–Crippen LogP) is 3.19. The number of nitrogens with one attached hydrogen (secondary N) is 1. The van der Waals surface area contributed by atoms with Gasteiger partial charge in [-0.15, -0.1) is 0 Å². The lowest BCUT2D eigenvalue weighted by Crippen LogP contribution is -2.18. The van der Waals surface area contributed by atoms with E-state index in [9.17, 15) is 28.4 Å². The Labute approximate surface area is 157 Å². The molecule has 138 valence electrons. The summed E-state index contributed by atoms with van der Waals surface area (Å²) in [4.78, 5) is 21.2. The maximum atomic E-state index is 12.6. The van der Waals surface area contributed by atoms with Crippen molar-refractivity contribution in [1.29, 1.82) is 0 Å². The second kappa shape index (κ2) is 7.36. The van der Waals surface area contributed by atoms with Crippen molar-refractivity contribution in [3.8, 4) is 5.75 Å². The molecular formula is C14H10Cl2N2O7S. The number of anilines is 1. The highest BCUT2D eigenvalue weighted by molar-refractivity contribution is 7.92. The van der Waals surface area contributed by atoms with Crippen LogP contribution in [0.2, 0.25) is 10.0 Å². The zero-order valence-electron chi connectivity index (χ0n) is 12.9. The second-order valence-corrected chi connectivity index (χ2v) is 7.34. The van der Waals surface area contributed by atoms with E-state index >= 15 is 0 Å². The van der Waals surface area contributed by atoms with Crippen LogP contribution in [0, 0.1) is 10.1 Å². The molecule has 0 aliphatic carbocycles. The maximum absolute atomic E-state index is 12.6. The van der Waals surface area contributed by atoms with E-state index in [1.807, 2.05) is 4.72 Å². The van der Waals surface area contributed by atoms with Crippen molar-refractivity contribution in [3.05, 3.63) is 56.1 Å². The average molecular weight is 421 g/mol. The van der Waals surface area contributed by atoms with Gasteiger partial charge < -0.3 is 9.84 Å². The molecule has 0 fully saturated rings. The second-order valence-electron chi connectivity index (χ2n) is 4.82. The minimum absolute atomic E-state index is 0.0133. The number of hydrogen-bond acceptors (Lipinski definition) is 7. The topological polar surface area (TPSA) is 136 Å². The Kier molecular flexibility index (Phi) is 5.59.